The van der Waals surface area contributed by atoms with Crippen LogP contribution in [0.15, 0.2) is 90.3 Å². The second kappa shape index (κ2) is 9.15. The molecule has 0 aliphatic heterocycles. The molecule has 0 aliphatic rings. The molecule has 4 aromatic rings. The van der Waals surface area contributed by atoms with Gasteiger partial charge < -0.3 is 10.1 Å². The normalized spacial score (nSPS) is 10.4. The molecular formula is C24H18N2O3S. The van der Waals surface area contributed by atoms with Crippen LogP contribution in [0.25, 0.3) is 10.6 Å². The molecular weight excluding hydrogens is 396 g/mol. The minimum Gasteiger partial charge on any atom is -0.422 e. The molecule has 0 unspecified atom stereocenters. The topological polar surface area (TPSA) is 68.3 Å². The fourth-order valence-corrected chi connectivity index (χ4v) is 3.62. The van der Waals surface area contributed by atoms with Crippen LogP contribution >= 0.6 is 11.3 Å². The van der Waals surface area contributed by atoms with Crippen molar-refractivity contribution in [2.75, 3.05) is 0 Å². The predicted octanol–water partition coefficient (Wildman–Crippen LogP) is 4.96. The number of nitrogens with zero attached hydrogens (tertiary/aromatic N) is 1. The van der Waals surface area contributed by atoms with Gasteiger partial charge in [0, 0.05) is 23.1 Å². The van der Waals surface area contributed by atoms with E-state index in [-0.39, 0.29) is 11.6 Å². The van der Waals surface area contributed by atoms with Crippen molar-refractivity contribution in [1.82, 2.24) is 10.3 Å². The maximum atomic E-state index is 12.5. The molecule has 0 bridgehead atoms. The summed E-state index contributed by atoms with van der Waals surface area (Å²) >= 11 is 1.38. The van der Waals surface area contributed by atoms with Gasteiger partial charge in [0.15, 0.2) is 5.69 Å². The summed E-state index contributed by atoms with van der Waals surface area (Å²) in [6.45, 7) is 0.421. The van der Waals surface area contributed by atoms with Crippen molar-refractivity contribution in [3.05, 3.63) is 107 Å². The van der Waals surface area contributed by atoms with Crippen LogP contribution in [0.1, 0.15) is 26.4 Å². The molecule has 0 atom stereocenters. The van der Waals surface area contributed by atoms with Crippen molar-refractivity contribution in [1.29, 1.82) is 0 Å². The number of rotatable bonds is 6. The standard InChI is InChI=1S/C24H18N2O3S/c27-22(25-15-17-8-3-1-4-9-17)19-12-7-13-20(14-19)29-24(28)21-16-30-23(26-21)18-10-5-2-6-11-18/h1-14,16H,15H2,(H,25,27). The molecule has 0 radical (unpaired) electrons. The molecule has 0 spiro atoms. The molecule has 1 aromatic heterocycles. The highest BCUT2D eigenvalue weighted by Crippen LogP contribution is 2.24. The molecule has 1 amide bonds. The first-order chi connectivity index (χ1) is 14.7. The summed E-state index contributed by atoms with van der Waals surface area (Å²) in [4.78, 5) is 29.3. The second-order valence-corrected chi connectivity index (χ2v) is 7.35. The Kier molecular flexibility index (Phi) is 5.96. The molecule has 3 aromatic carbocycles. The Hall–Kier alpha value is -3.77. The molecule has 6 heteroatoms. The molecule has 0 aliphatic carbocycles. The van der Waals surface area contributed by atoms with Crippen LogP contribution in [0, 0.1) is 0 Å². The van der Waals surface area contributed by atoms with Gasteiger partial charge in [0.2, 0.25) is 0 Å². The first kappa shape index (κ1) is 19.5. The number of carbonyl (C=O) groups is 2. The Balaban J connectivity index is 1.41. The summed E-state index contributed by atoms with van der Waals surface area (Å²) in [6, 6.07) is 25.8. The van der Waals surface area contributed by atoms with E-state index in [1.54, 1.807) is 29.6 Å². The van der Waals surface area contributed by atoms with Crippen LogP contribution in [0.5, 0.6) is 5.75 Å². The average molecular weight is 414 g/mol. The highest BCUT2D eigenvalue weighted by atomic mass is 32.1. The lowest BCUT2D eigenvalue weighted by atomic mass is 10.2. The van der Waals surface area contributed by atoms with E-state index in [1.165, 1.54) is 11.3 Å². The summed E-state index contributed by atoms with van der Waals surface area (Å²) in [6.07, 6.45) is 0. The van der Waals surface area contributed by atoms with Gasteiger partial charge in [-0.25, -0.2) is 9.78 Å². The van der Waals surface area contributed by atoms with E-state index in [0.717, 1.165) is 16.1 Å². The Morgan fingerprint density at radius 1 is 0.900 bits per heavy atom. The number of hydrogen-bond acceptors (Lipinski definition) is 5. The zero-order chi connectivity index (χ0) is 20.8. The number of carbonyl (C=O) groups excluding carboxylic acids is 2. The summed E-state index contributed by atoms with van der Waals surface area (Å²) in [5.41, 5.74) is 2.60. The van der Waals surface area contributed by atoms with Crippen LogP contribution in [-0.2, 0) is 6.54 Å². The number of aromatic nitrogens is 1. The van der Waals surface area contributed by atoms with E-state index < -0.39 is 5.97 Å². The lowest BCUT2D eigenvalue weighted by Gasteiger charge is -2.07. The zero-order valence-corrected chi connectivity index (χ0v) is 16.8. The number of thiazole rings is 1. The number of nitrogens with one attached hydrogen (secondary N) is 1. The molecule has 4 rings (SSSR count). The van der Waals surface area contributed by atoms with E-state index >= 15 is 0 Å². The Bertz CT molecular complexity index is 1160. The number of ether oxygens (including phenoxy) is 1. The highest BCUT2D eigenvalue weighted by molar-refractivity contribution is 7.13. The van der Waals surface area contributed by atoms with Gasteiger partial charge in [-0.2, -0.15) is 0 Å². The number of hydrogen-bond donors (Lipinski definition) is 1. The fraction of sp³-hybridized carbons (Fsp3) is 0.0417. The Morgan fingerprint density at radius 2 is 1.63 bits per heavy atom. The zero-order valence-electron chi connectivity index (χ0n) is 15.9. The smallest absolute Gasteiger partial charge is 0.363 e. The molecule has 1 heterocycles. The van der Waals surface area contributed by atoms with Crippen LogP contribution in [0.2, 0.25) is 0 Å². The summed E-state index contributed by atoms with van der Waals surface area (Å²) in [7, 11) is 0. The van der Waals surface area contributed by atoms with Crippen LogP contribution in [0.3, 0.4) is 0 Å². The Morgan fingerprint density at radius 3 is 2.40 bits per heavy atom. The molecule has 0 saturated carbocycles. The van der Waals surface area contributed by atoms with E-state index in [2.05, 4.69) is 10.3 Å². The summed E-state index contributed by atoms with van der Waals surface area (Å²) < 4.78 is 5.43. The van der Waals surface area contributed by atoms with E-state index in [0.29, 0.717) is 17.9 Å². The fourth-order valence-electron chi connectivity index (χ4n) is 2.82. The van der Waals surface area contributed by atoms with Crippen molar-refractivity contribution in [3.8, 4) is 16.3 Å². The average Bonchev–Trinajstić information content (AvgIpc) is 3.30. The lowest BCUT2D eigenvalue weighted by molar-refractivity contribution is 0.0728. The Labute approximate surface area is 178 Å². The third-order valence-electron chi connectivity index (χ3n) is 4.34. The molecule has 30 heavy (non-hydrogen) atoms. The third kappa shape index (κ3) is 4.79. The van der Waals surface area contributed by atoms with Gasteiger partial charge in [-0.3, -0.25) is 4.79 Å². The van der Waals surface area contributed by atoms with Crippen LogP contribution < -0.4 is 10.1 Å². The largest absolute Gasteiger partial charge is 0.422 e. The summed E-state index contributed by atoms with van der Waals surface area (Å²) in [5, 5.41) is 5.27. The molecule has 0 saturated heterocycles. The summed E-state index contributed by atoms with van der Waals surface area (Å²) in [5.74, 6) is -0.506. The van der Waals surface area contributed by atoms with Gasteiger partial charge >= 0.3 is 5.97 Å². The van der Waals surface area contributed by atoms with Crippen molar-refractivity contribution < 1.29 is 14.3 Å². The SMILES string of the molecule is O=C(NCc1ccccc1)c1cccc(OC(=O)c2csc(-c3ccccc3)n2)c1. The van der Waals surface area contributed by atoms with Gasteiger partial charge in [0.05, 0.1) is 0 Å². The molecule has 5 nitrogen and oxygen atoms in total. The molecule has 1 N–H and O–H groups in total. The van der Waals surface area contributed by atoms with Gasteiger partial charge in [-0.15, -0.1) is 11.3 Å². The van der Waals surface area contributed by atoms with Crippen molar-refractivity contribution in [2.45, 2.75) is 6.54 Å². The quantitative estimate of drug-likeness (QED) is 0.358. The number of benzene rings is 3. The van der Waals surface area contributed by atoms with Gasteiger partial charge in [0.25, 0.3) is 5.91 Å². The first-order valence-electron chi connectivity index (χ1n) is 9.34. The minimum atomic E-state index is -0.560. The predicted molar refractivity (Wildman–Crippen MR) is 117 cm³/mol. The van der Waals surface area contributed by atoms with Crippen LogP contribution in [0.4, 0.5) is 0 Å². The van der Waals surface area contributed by atoms with E-state index in [4.69, 9.17) is 4.74 Å². The van der Waals surface area contributed by atoms with Gasteiger partial charge in [-0.1, -0.05) is 66.7 Å². The highest BCUT2D eigenvalue weighted by Gasteiger charge is 2.15. The van der Waals surface area contributed by atoms with Crippen LogP contribution in [-0.4, -0.2) is 16.9 Å². The lowest BCUT2D eigenvalue weighted by Crippen LogP contribution is -2.22. The first-order valence-corrected chi connectivity index (χ1v) is 10.2. The number of amides is 1. The van der Waals surface area contributed by atoms with Crippen molar-refractivity contribution in [2.24, 2.45) is 0 Å². The van der Waals surface area contributed by atoms with Gasteiger partial charge in [0.1, 0.15) is 10.8 Å². The monoisotopic (exact) mass is 414 g/mol. The maximum Gasteiger partial charge on any atom is 0.363 e. The van der Waals surface area contributed by atoms with E-state index in [9.17, 15) is 9.59 Å². The third-order valence-corrected chi connectivity index (χ3v) is 5.23. The van der Waals surface area contributed by atoms with Crippen molar-refractivity contribution in [3.63, 3.8) is 0 Å². The van der Waals surface area contributed by atoms with Gasteiger partial charge in [-0.05, 0) is 23.8 Å². The maximum absolute atomic E-state index is 12.5. The molecule has 0 fully saturated rings. The second-order valence-electron chi connectivity index (χ2n) is 6.49. The molecule has 148 valence electrons. The van der Waals surface area contributed by atoms with E-state index in [1.807, 2.05) is 60.7 Å². The van der Waals surface area contributed by atoms with Crippen molar-refractivity contribution >= 4 is 23.2 Å². The minimum absolute atomic E-state index is 0.234. The number of esters is 1.